The summed E-state index contributed by atoms with van der Waals surface area (Å²) in [6, 6.07) is 4.81. The minimum Gasteiger partial charge on any atom is -0.443 e. The molecular formula is C11H11FINO2. The molecule has 0 radical (unpaired) electrons. The van der Waals surface area contributed by atoms with Gasteiger partial charge >= 0.3 is 6.09 Å². The van der Waals surface area contributed by atoms with Crippen LogP contribution in [0.15, 0.2) is 18.2 Å². The van der Waals surface area contributed by atoms with Crippen LogP contribution < -0.4 is 4.90 Å². The standard InChI is InChI=1S/C11H11FINO2/c1-7-2-3-10(9(12)4-7)14-6-8(5-13)16-11(14)15/h2-4,8H,5-6H2,1H3/t8-/m1/s1. The van der Waals surface area contributed by atoms with Crippen LogP contribution >= 0.6 is 22.6 Å². The molecule has 0 N–H and O–H groups in total. The molecule has 1 atom stereocenters. The molecule has 0 aliphatic carbocycles. The van der Waals surface area contributed by atoms with E-state index in [0.717, 1.165) is 5.56 Å². The lowest BCUT2D eigenvalue weighted by Gasteiger charge is -2.13. The van der Waals surface area contributed by atoms with Crippen LogP contribution in [0.25, 0.3) is 0 Å². The summed E-state index contributed by atoms with van der Waals surface area (Å²) in [6.07, 6.45) is -0.613. The highest BCUT2D eigenvalue weighted by Crippen LogP contribution is 2.25. The van der Waals surface area contributed by atoms with Gasteiger partial charge in [0.15, 0.2) is 0 Å². The summed E-state index contributed by atoms with van der Waals surface area (Å²) in [6.45, 7) is 2.23. The van der Waals surface area contributed by atoms with Crippen LogP contribution in [0.3, 0.4) is 0 Å². The van der Waals surface area contributed by atoms with Crippen molar-refractivity contribution < 1.29 is 13.9 Å². The Labute approximate surface area is 107 Å². The first kappa shape index (κ1) is 11.6. The first-order valence-corrected chi connectivity index (χ1v) is 6.44. The summed E-state index contributed by atoms with van der Waals surface area (Å²) in [7, 11) is 0. The van der Waals surface area contributed by atoms with Gasteiger partial charge in [-0.25, -0.2) is 9.18 Å². The molecule has 1 aliphatic rings. The number of amides is 1. The van der Waals surface area contributed by atoms with Gasteiger partial charge in [0.2, 0.25) is 0 Å². The second-order valence-electron chi connectivity index (χ2n) is 3.73. The van der Waals surface area contributed by atoms with Gasteiger partial charge in [0.05, 0.1) is 12.2 Å². The molecule has 16 heavy (non-hydrogen) atoms. The SMILES string of the molecule is Cc1ccc(N2C[C@@H](CI)OC2=O)c(F)c1. The van der Waals surface area contributed by atoms with Crippen molar-refractivity contribution in [2.75, 3.05) is 15.9 Å². The molecule has 3 nitrogen and oxygen atoms in total. The minimum absolute atomic E-state index is 0.145. The predicted molar refractivity (Wildman–Crippen MR) is 67.6 cm³/mol. The third-order valence-electron chi connectivity index (χ3n) is 2.44. The normalized spacial score (nSPS) is 20.1. The number of halogens is 2. The maximum Gasteiger partial charge on any atom is 0.414 e. The average Bonchev–Trinajstić information content (AvgIpc) is 2.60. The Morgan fingerprint density at radius 1 is 1.62 bits per heavy atom. The summed E-state index contributed by atoms with van der Waals surface area (Å²) in [5.41, 5.74) is 1.13. The average molecular weight is 335 g/mol. The number of cyclic esters (lactones) is 1. The van der Waals surface area contributed by atoms with Gasteiger partial charge in [-0.2, -0.15) is 0 Å². The molecule has 1 fully saturated rings. The first-order valence-electron chi connectivity index (χ1n) is 4.92. The number of alkyl halides is 1. The summed E-state index contributed by atoms with van der Waals surface area (Å²) >= 11 is 2.15. The lowest BCUT2D eigenvalue weighted by atomic mass is 10.2. The van der Waals surface area contributed by atoms with Crippen LogP contribution in [0, 0.1) is 12.7 Å². The zero-order valence-corrected chi connectivity index (χ0v) is 10.9. The fourth-order valence-corrected chi connectivity index (χ4v) is 2.09. The van der Waals surface area contributed by atoms with E-state index in [-0.39, 0.29) is 11.9 Å². The van der Waals surface area contributed by atoms with E-state index in [9.17, 15) is 9.18 Å². The van der Waals surface area contributed by atoms with E-state index in [4.69, 9.17) is 4.74 Å². The van der Waals surface area contributed by atoms with Crippen molar-refractivity contribution in [1.82, 2.24) is 0 Å². The minimum atomic E-state index is -0.468. The molecule has 0 bridgehead atoms. The molecule has 0 unspecified atom stereocenters. The van der Waals surface area contributed by atoms with Crippen LogP contribution in [0.1, 0.15) is 5.56 Å². The van der Waals surface area contributed by atoms with E-state index in [1.807, 2.05) is 6.92 Å². The number of nitrogens with zero attached hydrogens (tertiary/aromatic N) is 1. The Hall–Kier alpha value is -0.850. The van der Waals surface area contributed by atoms with Crippen LogP contribution in [-0.2, 0) is 4.74 Å². The van der Waals surface area contributed by atoms with Gasteiger partial charge in [-0.15, -0.1) is 0 Å². The van der Waals surface area contributed by atoms with Gasteiger partial charge in [0.1, 0.15) is 11.9 Å². The Balaban J connectivity index is 2.28. The van der Waals surface area contributed by atoms with E-state index in [2.05, 4.69) is 22.6 Å². The van der Waals surface area contributed by atoms with E-state index >= 15 is 0 Å². The number of aryl methyl sites for hydroxylation is 1. The highest BCUT2D eigenvalue weighted by atomic mass is 127. The summed E-state index contributed by atoms with van der Waals surface area (Å²) in [5.74, 6) is -0.383. The maximum absolute atomic E-state index is 13.7. The first-order chi connectivity index (χ1) is 7.61. The largest absolute Gasteiger partial charge is 0.443 e. The van der Waals surface area contributed by atoms with Crippen LogP contribution in [0.4, 0.5) is 14.9 Å². The summed E-state index contributed by atoms with van der Waals surface area (Å²) in [5, 5.41) is 0. The van der Waals surface area contributed by atoms with Crippen molar-refractivity contribution in [3.63, 3.8) is 0 Å². The van der Waals surface area contributed by atoms with E-state index in [1.54, 1.807) is 12.1 Å². The van der Waals surface area contributed by atoms with Gasteiger partial charge < -0.3 is 4.74 Å². The molecule has 0 aromatic heterocycles. The fraction of sp³-hybridized carbons (Fsp3) is 0.364. The highest BCUT2D eigenvalue weighted by molar-refractivity contribution is 14.1. The molecule has 1 aliphatic heterocycles. The molecular weight excluding hydrogens is 324 g/mol. The third-order valence-corrected chi connectivity index (χ3v) is 3.42. The molecule has 1 aromatic carbocycles. The van der Waals surface area contributed by atoms with Crippen LogP contribution in [0.2, 0.25) is 0 Å². The van der Waals surface area contributed by atoms with Crippen LogP contribution in [0.5, 0.6) is 0 Å². The molecule has 86 valence electrons. The summed E-state index contributed by atoms with van der Waals surface area (Å²) < 4.78 is 19.4. The summed E-state index contributed by atoms with van der Waals surface area (Å²) in [4.78, 5) is 12.9. The Kier molecular flexibility index (Phi) is 3.32. The smallest absolute Gasteiger partial charge is 0.414 e. The lowest BCUT2D eigenvalue weighted by Crippen LogP contribution is -2.25. The Morgan fingerprint density at radius 2 is 2.38 bits per heavy atom. The molecule has 2 rings (SSSR count). The van der Waals surface area contributed by atoms with Crippen molar-refractivity contribution in [1.29, 1.82) is 0 Å². The van der Waals surface area contributed by atoms with Gasteiger partial charge in [0.25, 0.3) is 0 Å². The number of benzene rings is 1. The van der Waals surface area contributed by atoms with Crippen molar-refractivity contribution in [3.8, 4) is 0 Å². The molecule has 0 saturated carbocycles. The van der Waals surface area contributed by atoms with Crippen molar-refractivity contribution >= 4 is 34.4 Å². The lowest BCUT2D eigenvalue weighted by molar-refractivity contribution is 0.152. The number of carbonyl (C=O) groups excluding carboxylic acids is 1. The molecule has 5 heteroatoms. The molecule has 1 aromatic rings. The topological polar surface area (TPSA) is 29.5 Å². The molecule has 1 saturated heterocycles. The second-order valence-corrected chi connectivity index (χ2v) is 4.61. The molecule has 0 spiro atoms. The number of anilines is 1. The zero-order chi connectivity index (χ0) is 11.7. The predicted octanol–water partition coefficient (Wildman–Crippen LogP) is 2.89. The fourth-order valence-electron chi connectivity index (χ4n) is 1.63. The van der Waals surface area contributed by atoms with Crippen molar-refractivity contribution in [2.45, 2.75) is 13.0 Å². The van der Waals surface area contributed by atoms with Gasteiger partial charge in [-0.05, 0) is 24.6 Å². The zero-order valence-electron chi connectivity index (χ0n) is 8.74. The second kappa shape index (κ2) is 4.57. The molecule has 1 amide bonds. The van der Waals surface area contributed by atoms with Crippen molar-refractivity contribution in [3.05, 3.63) is 29.6 Å². The molecule has 1 heterocycles. The number of rotatable bonds is 2. The van der Waals surface area contributed by atoms with Gasteiger partial charge in [-0.3, -0.25) is 4.90 Å². The van der Waals surface area contributed by atoms with Gasteiger partial charge in [0, 0.05) is 4.43 Å². The van der Waals surface area contributed by atoms with Gasteiger partial charge in [-0.1, -0.05) is 28.7 Å². The van der Waals surface area contributed by atoms with Crippen LogP contribution in [-0.4, -0.2) is 23.2 Å². The number of ether oxygens (including phenoxy) is 1. The number of hydrogen-bond donors (Lipinski definition) is 0. The Morgan fingerprint density at radius 3 is 2.94 bits per heavy atom. The number of carbonyl (C=O) groups is 1. The quantitative estimate of drug-likeness (QED) is 0.614. The van der Waals surface area contributed by atoms with E-state index in [0.29, 0.717) is 16.7 Å². The van der Waals surface area contributed by atoms with E-state index in [1.165, 1.54) is 11.0 Å². The number of hydrogen-bond acceptors (Lipinski definition) is 2. The van der Waals surface area contributed by atoms with Crippen molar-refractivity contribution in [2.24, 2.45) is 0 Å². The Bertz CT molecular complexity index is 424. The maximum atomic E-state index is 13.7. The monoisotopic (exact) mass is 335 g/mol. The van der Waals surface area contributed by atoms with E-state index < -0.39 is 6.09 Å². The highest BCUT2D eigenvalue weighted by Gasteiger charge is 2.32. The third kappa shape index (κ3) is 2.14.